The van der Waals surface area contributed by atoms with Crippen LogP contribution in [0.1, 0.15) is 31.0 Å². The Morgan fingerprint density at radius 2 is 1.86 bits per heavy atom. The van der Waals surface area contributed by atoms with Gasteiger partial charge in [-0.15, -0.1) is 12.4 Å². The largest absolute Gasteiger partial charge is 0.324 e. The van der Waals surface area contributed by atoms with Crippen molar-refractivity contribution < 1.29 is 4.39 Å². The molecule has 0 aliphatic carbocycles. The molecular weight excluding hydrogens is 201 g/mol. The average Bonchev–Trinajstić information content (AvgIpc) is 2.08. The van der Waals surface area contributed by atoms with E-state index in [0.717, 1.165) is 11.1 Å². The highest BCUT2D eigenvalue weighted by molar-refractivity contribution is 5.85. The molecule has 0 saturated heterocycles. The molecule has 1 aromatic carbocycles. The van der Waals surface area contributed by atoms with Gasteiger partial charge in [-0.2, -0.15) is 0 Å². The molecule has 1 nitrogen and oxygen atoms in total. The van der Waals surface area contributed by atoms with Crippen molar-refractivity contribution in [3.05, 3.63) is 35.1 Å². The summed E-state index contributed by atoms with van der Waals surface area (Å²) in [5.41, 5.74) is 7.91. The first-order valence-corrected chi connectivity index (χ1v) is 4.54. The molecule has 0 aliphatic rings. The fourth-order valence-electron chi connectivity index (χ4n) is 1.33. The smallest absolute Gasteiger partial charge is 0.123 e. The van der Waals surface area contributed by atoms with E-state index in [1.807, 2.05) is 20.8 Å². The van der Waals surface area contributed by atoms with Gasteiger partial charge >= 0.3 is 0 Å². The zero-order chi connectivity index (χ0) is 10.0. The van der Waals surface area contributed by atoms with E-state index in [-0.39, 0.29) is 24.3 Å². The standard InChI is InChI=1S/C11H16FN.ClH/c1-7(2)11(13)10-6-9(12)5-4-8(10)3;/h4-7,11H,13H2,1-3H3;1H/t11-;/m0./s1. The van der Waals surface area contributed by atoms with E-state index >= 15 is 0 Å². The summed E-state index contributed by atoms with van der Waals surface area (Å²) >= 11 is 0. The minimum absolute atomic E-state index is 0. The van der Waals surface area contributed by atoms with Crippen LogP contribution in [0.15, 0.2) is 18.2 Å². The molecule has 0 aliphatic heterocycles. The molecule has 3 heteroatoms. The Morgan fingerprint density at radius 3 is 2.36 bits per heavy atom. The number of hydrogen-bond donors (Lipinski definition) is 1. The second kappa shape index (κ2) is 5.32. The van der Waals surface area contributed by atoms with Crippen LogP contribution >= 0.6 is 12.4 Å². The monoisotopic (exact) mass is 217 g/mol. The zero-order valence-electron chi connectivity index (χ0n) is 8.75. The van der Waals surface area contributed by atoms with Crippen molar-refractivity contribution in [1.29, 1.82) is 0 Å². The van der Waals surface area contributed by atoms with Gasteiger partial charge in [0.25, 0.3) is 0 Å². The summed E-state index contributed by atoms with van der Waals surface area (Å²) in [5, 5.41) is 0. The first-order valence-electron chi connectivity index (χ1n) is 4.54. The maximum absolute atomic E-state index is 12.9. The van der Waals surface area contributed by atoms with Gasteiger partial charge in [0, 0.05) is 6.04 Å². The minimum Gasteiger partial charge on any atom is -0.324 e. The predicted molar refractivity (Wildman–Crippen MR) is 60.2 cm³/mol. The van der Waals surface area contributed by atoms with Crippen molar-refractivity contribution in [1.82, 2.24) is 0 Å². The van der Waals surface area contributed by atoms with E-state index < -0.39 is 0 Å². The maximum Gasteiger partial charge on any atom is 0.123 e. The molecule has 0 radical (unpaired) electrons. The van der Waals surface area contributed by atoms with Crippen LogP contribution in [0.5, 0.6) is 0 Å². The van der Waals surface area contributed by atoms with Gasteiger partial charge in [0.05, 0.1) is 0 Å². The molecule has 0 bridgehead atoms. The minimum atomic E-state index is -0.211. The van der Waals surface area contributed by atoms with Crippen LogP contribution in [0.4, 0.5) is 4.39 Å². The summed E-state index contributed by atoms with van der Waals surface area (Å²) in [6.07, 6.45) is 0. The van der Waals surface area contributed by atoms with Gasteiger partial charge in [-0.3, -0.25) is 0 Å². The molecule has 14 heavy (non-hydrogen) atoms. The summed E-state index contributed by atoms with van der Waals surface area (Å²) in [7, 11) is 0. The topological polar surface area (TPSA) is 26.0 Å². The van der Waals surface area contributed by atoms with Crippen LogP contribution in [-0.2, 0) is 0 Å². The summed E-state index contributed by atoms with van der Waals surface area (Å²) in [6.45, 7) is 6.03. The van der Waals surface area contributed by atoms with Crippen molar-refractivity contribution in [2.45, 2.75) is 26.8 Å². The van der Waals surface area contributed by atoms with Crippen molar-refractivity contribution in [3.8, 4) is 0 Å². The molecule has 0 unspecified atom stereocenters. The number of halogens is 2. The third kappa shape index (κ3) is 2.96. The maximum atomic E-state index is 12.9. The molecule has 2 N–H and O–H groups in total. The van der Waals surface area contributed by atoms with E-state index in [0.29, 0.717) is 5.92 Å². The average molecular weight is 218 g/mol. The lowest BCUT2D eigenvalue weighted by atomic mass is 9.93. The quantitative estimate of drug-likeness (QED) is 0.809. The summed E-state index contributed by atoms with van der Waals surface area (Å²) in [6, 6.07) is 4.69. The molecule has 1 rings (SSSR count). The van der Waals surface area contributed by atoms with E-state index in [2.05, 4.69) is 0 Å². The molecule has 0 fully saturated rings. The van der Waals surface area contributed by atoms with Gasteiger partial charge in [0.2, 0.25) is 0 Å². The fourth-order valence-corrected chi connectivity index (χ4v) is 1.33. The van der Waals surface area contributed by atoms with Crippen molar-refractivity contribution in [2.24, 2.45) is 11.7 Å². The molecule has 80 valence electrons. The van der Waals surface area contributed by atoms with Crippen LogP contribution in [0, 0.1) is 18.7 Å². The predicted octanol–water partition coefficient (Wildman–Crippen LogP) is 3.21. The first kappa shape index (κ1) is 13.4. The Morgan fingerprint density at radius 1 is 1.29 bits per heavy atom. The molecule has 0 heterocycles. The second-order valence-electron chi connectivity index (χ2n) is 3.77. The Hall–Kier alpha value is -0.600. The number of nitrogens with two attached hydrogens (primary N) is 1. The molecule has 1 atom stereocenters. The Balaban J connectivity index is 0.00000169. The van der Waals surface area contributed by atoms with Crippen LogP contribution in [0.2, 0.25) is 0 Å². The highest BCUT2D eigenvalue weighted by Gasteiger charge is 2.13. The zero-order valence-corrected chi connectivity index (χ0v) is 9.57. The Labute approximate surface area is 90.9 Å². The lowest BCUT2D eigenvalue weighted by molar-refractivity contribution is 0.508. The van der Waals surface area contributed by atoms with Gasteiger partial charge < -0.3 is 5.73 Å². The first-order chi connectivity index (χ1) is 6.02. The van der Waals surface area contributed by atoms with Crippen LogP contribution in [0.3, 0.4) is 0 Å². The third-order valence-corrected chi connectivity index (χ3v) is 2.32. The molecule has 0 amide bonds. The van der Waals surface area contributed by atoms with Gasteiger partial charge in [-0.05, 0) is 36.1 Å². The molecule has 0 aromatic heterocycles. The number of aryl methyl sites for hydroxylation is 1. The van der Waals surface area contributed by atoms with Crippen molar-refractivity contribution in [3.63, 3.8) is 0 Å². The van der Waals surface area contributed by atoms with E-state index in [1.54, 1.807) is 6.07 Å². The molecular formula is C11H17ClFN. The van der Waals surface area contributed by atoms with E-state index in [4.69, 9.17) is 5.73 Å². The van der Waals surface area contributed by atoms with E-state index in [9.17, 15) is 4.39 Å². The van der Waals surface area contributed by atoms with E-state index in [1.165, 1.54) is 12.1 Å². The fraction of sp³-hybridized carbons (Fsp3) is 0.455. The van der Waals surface area contributed by atoms with Gasteiger partial charge in [0.15, 0.2) is 0 Å². The summed E-state index contributed by atoms with van der Waals surface area (Å²) in [4.78, 5) is 0. The second-order valence-corrected chi connectivity index (χ2v) is 3.77. The SMILES string of the molecule is Cc1ccc(F)cc1[C@@H](N)C(C)C.Cl. The van der Waals surface area contributed by atoms with Gasteiger partial charge in [0.1, 0.15) is 5.82 Å². The van der Waals surface area contributed by atoms with Crippen LogP contribution < -0.4 is 5.73 Å². The normalized spacial score (nSPS) is 12.4. The highest BCUT2D eigenvalue weighted by atomic mass is 35.5. The molecule has 0 spiro atoms. The van der Waals surface area contributed by atoms with Crippen LogP contribution in [0.25, 0.3) is 0 Å². The van der Waals surface area contributed by atoms with Gasteiger partial charge in [-0.25, -0.2) is 4.39 Å². The third-order valence-electron chi connectivity index (χ3n) is 2.32. The number of hydrogen-bond acceptors (Lipinski definition) is 1. The Kier molecular flexibility index (Phi) is 5.09. The van der Waals surface area contributed by atoms with Crippen molar-refractivity contribution in [2.75, 3.05) is 0 Å². The highest BCUT2D eigenvalue weighted by Crippen LogP contribution is 2.22. The summed E-state index contributed by atoms with van der Waals surface area (Å²) < 4.78 is 12.9. The summed E-state index contributed by atoms with van der Waals surface area (Å²) in [5.74, 6) is 0.122. The molecule has 1 aromatic rings. The van der Waals surface area contributed by atoms with Crippen LogP contribution in [-0.4, -0.2) is 0 Å². The lowest BCUT2D eigenvalue weighted by Crippen LogP contribution is -2.17. The van der Waals surface area contributed by atoms with Gasteiger partial charge in [-0.1, -0.05) is 19.9 Å². The lowest BCUT2D eigenvalue weighted by Gasteiger charge is -2.18. The molecule has 0 saturated carbocycles. The Bertz CT molecular complexity index is 299. The van der Waals surface area contributed by atoms with Crippen molar-refractivity contribution >= 4 is 12.4 Å². The number of rotatable bonds is 2. The number of benzene rings is 1.